The van der Waals surface area contributed by atoms with E-state index in [9.17, 15) is 8.42 Å². The van der Waals surface area contributed by atoms with Gasteiger partial charge in [0.25, 0.3) is 10.0 Å². The van der Waals surface area contributed by atoms with Crippen molar-refractivity contribution in [3.05, 3.63) is 53.6 Å². The number of rotatable bonds is 3. The number of hydrogen-bond donors (Lipinski definition) is 0. The van der Waals surface area contributed by atoms with Crippen molar-refractivity contribution >= 4 is 32.7 Å². The maximum Gasteiger partial charge on any atom is 0.267 e. The lowest BCUT2D eigenvalue weighted by molar-refractivity contribution is 0.583. The third-order valence-electron chi connectivity index (χ3n) is 6.16. The summed E-state index contributed by atoms with van der Waals surface area (Å²) in [7, 11) is -3.73. The largest absolute Gasteiger partial charge is 0.332 e. The molecule has 2 aromatic carbocycles. The van der Waals surface area contributed by atoms with Crippen molar-refractivity contribution in [1.82, 2.24) is 9.97 Å². The molecule has 150 valence electrons. The van der Waals surface area contributed by atoms with Crippen LogP contribution in [-0.4, -0.2) is 31.1 Å². The molecule has 1 fully saturated rings. The monoisotopic (exact) mass is 408 g/mol. The highest BCUT2D eigenvalue weighted by atomic mass is 32.2. The molecule has 3 aromatic rings. The van der Waals surface area contributed by atoms with Crippen LogP contribution in [0.15, 0.2) is 47.4 Å². The van der Waals surface area contributed by atoms with E-state index >= 15 is 0 Å². The summed E-state index contributed by atoms with van der Waals surface area (Å²) in [6.07, 6.45) is 4.46. The molecule has 1 saturated carbocycles. The zero-order valence-electron chi connectivity index (χ0n) is 16.7. The van der Waals surface area contributed by atoms with Crippen molar-refractivity contribution in [2.24, 2.45) is 0 Å². The van der Waals surface area contributed by atoms with E-state index in [1.165, 1.54) is 17.1 Å². The normalized spacial score (nSPS) is 17.3. The molecular formula is C22H24N4O2S. The van der Waals surface area contributed by atoms with Crippen LogP contribution in [0.3, 0.4) is 0 Å². The number of anilines is 2. The summed E-state index contributed by atoms with van der Waals surface area (Å²) < 4.78 is 28.6. The highest BCUT2D eigenvalue weighted by molar-refractivity contribution is 7.92. The lowest BCUT2D eigenvalue weighted by Crippen LogP contribution is -2.40. The summed E-state index contributed by atoms with van der Waals surface area (Å²) in [6.45, 7) is 4.19. The summed E-state index contributed by atoms with van der Waals surface area (Å²) in [5.74, 6) is 1.12. The molecule has 2 heterocycles. The molecule has 7 heteroatoms. The van der Waals surface area contributed by atoms with Gasteiger partial charge in [-0.05, 0) is 62.1 Å². The third-order valence-corrected chi connectivity index (χ3v) is 7.87. The van der Waals surface area contributed by atoms with Crippen molar-refractivity contribution in [3.8, 4) is 0 Å². The van der Waals surface area contributed by atoms with Crippen LogP contribution in [0, 0.1) is 13.8 Å². The minimum atomic E-state index is -3.73. The maximum atomic E-state index is 13.6. The van der Waals surface area contributed by atoms with Crippen molar-refractivity contribution in [2.75, 3.05) is 15.9 Å². The molecule has 0 atom stereocenters. The number of aromatic nitrogens is 2. The first-order valence-electron chi connectivity index (χ1n) is 10.1. The van der Waals surface area contributed by atoms with Gasteiger partial charge in [-0.1, -0.05) is 31.0 Å². The molecule has 0 unspecified atom stereocenters. The number of fused-ring (bicyclic) bond motifs is 2. The van der Waals surface area contributed by atoms with E-state index in [0.29, 0.717) is 28.1 Å². The Morgan fingerprint density at radius 2 is 1.55 bits per heavy atom. The molecule has 1 aliphatic heterocycles. The van der Waals surface area contributed by atoms with Crippen LogP contribution in [0.4, 0.5) is 11.6 Å². The standard InChI is InChI=1S/C22H24N4O2S/c1-15-11-12-18(13-16(15)2)29(27,28)26-14-25(17-7-3-4-8-17)21-22(26)24-20-10-6-5-9-19(20)23-21/h5-6,9-13,17H,3-4,7-8,14H2,1-2H3. The van der Waals surface area contributed by atoms with Crippen molar-refractivity contribution in [1.29, 1.82) is 0 Å². The molecule has 1 aromatic heterocycles. The molecule has 29 heavy (non-hydrogen) atoms. The van der Waals surface area contributed by atoms with Gasteiger partial charge in [-0.25, -0.2) is 22.7 Å². The lowest BCUT2D eigenvalue weighted by atomic mass is 10.1. The fraction of sp³-hybridized carbons (Fsp3) is 0.364. The van der Waals surface area contributed by atoms with E-state index in [1.54, 1.807) is 12.1 Å². The second-order valence-corrected chi connectivity index (χ2v) is 9.87. The van der Waals surface area contributed by atoms with Gasteiger partial charge >= 0.3 is 0 Å². The molecular weight excluding hydrogens is 384 g/mol. The second-order valence-electron chi connectivity index (χ2n) is 8.01. The van der Waals surface area contributed by atoms with Crippen LogP contribution < -0.4 is 9.21 Å². The van der Waals surface area contributed by atoms with Gasteiger partial charge in [0.15, 0.2) is 11.6 Å². The van der Waals surface area contributed by atoms with Gasteiger partial charge in [0.1, 0.15) is 6.67 Å². The average Bonchev–Trinajstić information content (AvgIpc) is 3.36. The predicted molar refractivity (Wildman–Crippen MR) is 115 cm³/mol. The van der Waals surface area contributed by atoms with Gasteiger partial charge < -0.3 is 4.90 Å². The molecule has 0 spiro atoms. The van der Waals surface area contributed by atoms with Gasteiger partial charge in [0.2, 0.25) is 0 Å². The first kappa shape index (κ1) is 18.4. The SMILES string of the molecule is Cc1ccc(S(=O)(=O)N2CN(C3CCCC3)c3nc4ccccc4nc32)cc1C. The summed E-state index contributed by atoms with van der Waals surface area (Å²) >= 11 is 0. The molecule has 5 rings (SSSR count). The Hall–Kier alpha value is -2.67. The zero-order valence-corrected chi connectivity index (χ0v) is 17.5. The van der Waals surface area contributed by atoms with Crippen molar-refractivity contribution < 1.29 is 8.42 Å². The Balaban J connectivity index is 1.66. The number of hydrogen-bond acceptors (Lipinski definition) is 5. The Kier molecular flexibility index (Phi) is 4.24. The number of aryl methyl sites for hydroxylation is 2. The van der Waals surface area contributed by atoms with Gasteiger partial charge in [-0.15, -0.1) is 0 Å². The summed E-state index contributed by atoms with van der Waals surface area (Å²) in [4.78, 5) is 12.0. The molecule has 1 aliphatic carbocycles. The first-order valence-corrected chi connectivity index (χ1v) is 11.5. The van der Waals surface area contributed by atoms with Crippen molar-refractivity contribution in [2.45, 2.75) is 50.5 Å². The molecule has 0 saturated heterocycles. The molecule has 0 amide bonds. The lowest BCUT2D eigenvalue weighted by Gasteiger charge is -2.26. The van der Waals surface area contributed by atoms with Gasteiger partial charge in [-0.2, -0.15) is 0 Å². The van der Waals surface area contributed by atoms with E-state index in [2.05, 4.69) is 4.90 Å². The molecule has 2 aliphatic rings. The zero-order chi connectivity index (χ0) is 20.2. The summed E-state index contributed by atoms with van der Waals surface area (Å²) in [5.41, 5.74) is 3.53. The minimum Gasteiger partial charge on any atom is -0.332 e. The van der Waals surface area contributed by atoms with E-state index in [0.717, 1.165) is 29.5 Å². The summed E-state index contributed by atoms with van der Waals surface area (Å²) in [5, 5.41) is 0. The van der Waals surface area contributed by atoms with Gasteiger partial charge in [0, 0.05) is 6.04 Å². The molecule has 0 bridgehead atoms. The van der Waals surface area contributed by atoms with E-state index < -0.39 is 10.0 Å². The van der Waals surface area contributed by atoms with Gasteiger partial charge in [0.05, 0.1) is 15.9 Å². The number of sulfonamides is 1. The summed E-state index contributed by atoms with van der Waals surface area (Å²) in [6, 6.07) is 13.2. The van der Waals surface area contributed by atoms with Crippen LogP contribution in [0.5, 0.6) is 0 Å². The van der Waals surface area contributed by atoms with Gasteiger partial charge in [-0.3, -0.25) is 0 Å². The highest BCUT2D eigenvalue weighted by Crippen LogP contribution is 2.41. The van der Waals surface area contributed by atoms with Crippen molar-refractivity contribution in [3.63, 3.8) is 0 Å². The van der Waals surface area contributed by atoms with E-state index in [1.807, 2.05) is 44.2 Å². The highest BCUT2D eigenvalue weighted by Gasteiger charge is 2.41. The Labute approximate surface area is 171 Å². The molecule has 0 N–H and O–H groups in total. The van der Waals surface area contributed by atoms with Crippen LogP contribution in [0.1, 0.15) is 36.8 Å². The number of para-hydroxylation sites is 2. The Morgan fingerprint density at radius 3 is 2.21 bits per heavy atom. The third kappa shape index (κ3) is 2.95. The average molecular weight is 409 g/mol. The predicted octanol–water partition coefficient (Wildman–Crippen LogP) is 4.16. The fourth-order valence-corrected chi connectivity index (χ4v) is 5.76. The number of nitrogens with zero attached hydrogens (tertiary/aromatic N) is 4. The first-order chi connectivity index (χ1) is 13.9. The second kappa shape index (κ2) is 6.69. The Morgan fingerprint density at radius 1 is 0.897 bits per heavy atom. The van der Waals surface area contributed by atoms with Crippen LogP contribution >= 0.6 is 0 Å². The van der Waals surface area contributed by atoms with Crippen LogP contribution in [0.2, 0.25) is 0 Å². The van der Waals surface area contributed by atoms with Crippen LogP contribution in [-0.2, 0) is 10.0 Å². The minimum absolute atomic E-state index is 0.269. The van der Waals surface area contributed by atoms with E-state index in [4.69, 9.17) is 9.97 Å². The van der Waals surface area contributed by atoms with E-state index in [-0.39, 0.29) is 6.67 Å². The number of benzene rings is 2. The quantitative estimate of drug-likeness (QED) is 0.651. The van der Waals surface area contributed by atoms with Crippen LogP contribution in [0.25, 0.3) is 11.0 Å². The maximum absolute atomic E-state index is 13.6. The topological polar surface area (TPSA) is 66.4 Å². The fourth-order valence-electron chi connectivity index (χ4n) is 4.31. The smallest absolute Gasteiger partial charge is 0.267 e. The molecule has 0 radical (unpaired) electrons. The molecule has 6 nitrogen and oxygen atoms in total. The Bertz CT molecular complexity index is 1200.